The molecule has 0 aliphatic heterocycles. The van der Waals surface area contributed by atoms with Gasteiger partial charge in [0.25, 0.3) is 0 Å². The van der Waals surface area contributed by atoms with Gasteiger partial charge in [-0.2, -0.15) is 5.10 Å². The molecule has 1 unspecified atom stereocenters. The number of nitrogens with zero attached hydrogens (tertiary/aromatic N) is 4. The van der Waals surface area contributed by atoms with Crippen molar-refractivity contribution in [1.82, 2.24) is 19.7 Å². The van der Waals surface area contributed by atoms with Gasteiger partial charge in [-0.15, -0.1) is 0 Å². The van der Waals surface area contributed by atoms with E-state index in [0.29, 0.717) is 6.54 Å². The molecule has 1 atom stereocenters. The van der Waals surface area contributed by atoms with Crippen LogP contribution in [0.25, 0.3) is 11.0 Å². The van der Waals surface area contributed by atoms with Gasteiger partial charge >= 0.3 is 0 Å². The molecule has 0 radical (unpaired) electrons. The third-order valence-electron chi connectivity index (χ3n) is 4.12. The molecule has 1 aromatic carbocycles. The summed E-state index contributed by atoms with van der Waals surface area (Å²) >= 11 is 0. The highest BCUT2D eigenvalue weighted by Gasteiger charge is 2.13. The Bertz CT molecular complexity index is 843. The van der Waals surface area contributed by atoms with Gasteiger partial charge in [-0.25, -0.2) is 9.97 Å². The van der Waals surface area contributed by atoms with Gasteiger partial charge in [-0.05, 0) is 26.3 Å². The third-order valence-corrected chi connectivity index (χ3v) is 4.12. The normalized spacial score (nSPS) is 12.3. The van der Waals surface area contributed by atoms with Crippen LogP contribution in [0, 0.1) is 6.92 Å². The summed E-state index contributed by atoms with van der Waals surface area (Å²) in [5.74, 6) is 1.71. The Morgan fingerprint density at radius 3 is 2.83 bits per heavy atom. The minimum absolute atomic E-state index is 0.192. The van der Waals surface area contributed by atoms with Crippen LogP contribution in [-0.4, -0.2) is 25.9 Å². The van der Waals surface area contributed by atoms with Gasteiger partial charge in [-0.1, -0.05) is 25.1 Å². The molecule has 0 spiro atoms. The molecule has 0 bridgehead atoms. The van der Waals surface area contributed by atoms with E-state index in [1.54, 1.807) is 11.0 Å². The number of hydrogen-bond donors (Lipinski definition) is 1. The largest absolute Gasteiger partial charge is 0.490 e. The summed E-state index contributed by atoms with van der Waals surface area (Å²) in [5.41, 5.74) is 2.85. The molecule has 6 heteroatoms. The van der Waals surface area contributed by atoms with Crippen molar-refractivity contribution >= 4 is 16.9 Å². The lowest BCUT2D eigenvalue weighted by Gasteiger charge is -2.16. The summed E-state index contributed by atoms with van der Waals surface area (Å²) in [6, 6.07) is 8.09. The minimum atomic E-state index is 0.192. The van der Waals surface area contributed by atoms with E-state index in [4.69, 9.17) is 4.74 Å². The van der Waals surface area contributed by atoms with Gasteiger partial charge in [0.15, 0.2) is 5.65 Å². The molecule has 1 N–H and O–H groups in total. The third kappa shape index (κ3) is 3.18. The summed E-state index contributed by atoms with van der Waals surface area (Å²) in [6.07, 6.45) is 2.73. The molecule has 0 aliphatic carbocycles. The number of hydrogen-bond acceptors (Lipinski definition) is 5. The fourth-order valence-electron chi connectivity index (χ4n) is 2.66. The van der Waals surface area contributed by atoms with Gasteiger partial charge in [0.1, 0.15) is 17.9 Å². The Morgan fingerprint density at radius 2 is 2.04 bits per heavy atom. The highest BCUT2D eigenvalue weighted by molar-refractivity contribution is 5.89. The first kappa shape index (κ1) is 16.2. The van der Waals surface area contributed by atoms with Crippen molar-refractivity contribution < 1.29 is 4.74 Å². The van der Waals surface area contributed by atoms with Crippen LogP contribution in [0.2, 0.25) is 0 Å². The molecule has 24 heavy (non-hydrogen) atoms. The molecule has 3 rings (SSSR count). The molecule has 0 aliphatic rings. The molecular weight excluding hydrogens is 302 g/mol. The second-order valence-corrected chi connectivity index (χ2v) is 5.93. The van der Waals surface area contributed by atoms with E-state index in [1.807, 2.05) is 32.2 Å². The van der Waals surface area contributed by atoms with Crippen LogP contribution in [0.1, 0.15) is 31.5 Å². The quantitative estimate of drug-likeness (QED) is 0.752. The number of nitrogens with one attached hydrogen (secondary N) is 1. The van der Waals surface area contributed by atoms with E-state index in [-0.39, 0.29) is 6.10 Å². The van der Waals surface area contributed by atoms with Crippen molar-refractivity contribution in [3.05, 3.63) is 41.9 Å². The monoisotopic (exact) mass is 325 g/mol. The molecule has 0 fully saturated rings. The fourth-order valence-corrected chi connectivity index (χ4v) is 2.66. The highest BCUT2D eigenvalue weighted by atomic mass is 16.5. The van der Waals surface area contributed by atoms with Crippen LogP contribution in [0.3, 0.4) is 0 Å². The standard InChI is InChI=1S/C18H23N5O/c1-5-12(2)24-15-9-7-6-8-14(15)10-19-17-16-13(3)22-23(4)18(16)21-11-20-17/h6-9,11-12H,5,10H2,1-4H3,(H,19,20,21). The number of fused-ring (bicyclic) bond motifs is 1. The zero-order chi connectivity index (χ0) is 17.1. The van der Waals surface area contributed by atoms with E-state index in [9.17, 15) is 0 Å². The number of aromatic nitrogens is 4. The summed E-state index contributed by atoms with van der Waals surface area (Å²) in [5, 5.41) is 8.79. The maximum absolute atomic E-state index is 6.01. The molecular formula is C18H23N5O. The number of aryl methyl sites for hydroxylation is 2. The molecule has 6 nitrogen and oxygen atoms in total. The van der Waals surface area contributed by atoms with Crippen LogP contribution >= 0.6 is 0 Å². The average Bonchev–Trinajstić information content (AvgIpc) is 2.89. The zero-order valence-electron chi connectivity index (χ0n) is 14.6. The van der Waals surface area contributed by atoms with Gasteiger partial charge in [0.2, 0.25) is 0 Å². The van der Waals surface area contributed by atoms with E-state index < -0.39 is 0 Å². The SMILES string of the molecule is CCC(C)Oc1ccccc1CNc1ncnc2c1c(C)nn2C. The summed E-state index contributed by atoms with van der Waals surface area (Å²) < 4.78 is 7.78. The van der Waals surface area contributed by atoms with Crippen molar-refractivity contribution in [2.24, 2.45) is 7.05 Å². The van der Waals surface area contributed by atoms with Crippen molar-refractivity contribution in [2.75, 3.05) is 5.32 Å². The molecule has 2 aromatic heterocycles. The summed E-state index contributed by atoms with van der Waals surface area (Å²) in [7, 11) is 1.89. The molecule has 0 saturated heterocycles. The van der Waals surface area contributed by atoms with E-state index in [0.717, 1.165) is 40.3 Å². The first-order valence-electron chi connectivity index (χ1n) is 8.23. The maximum atomic E-state index is 6.01. The van der Waals surface area contributed by atoms with Gasteiger partial charge < -0.3 is 10.1 Å². The molecule has 2 heterocycles. The second-order valence-electron chi connectivity index (χ2n) is 5.93. The topological polar surface area (TPSA) is 64.9 Å². The Balaban J connectivity index is 1.84. The number of rotatable bonds is 6. The molecule has 0 amide bonds. The van der Waals surface area contributed by atoms with Crippen LogP contribution in [0.5, 0.6) is 5.75 Å². The molecule has 3 aromatic rings. The van der Waals surface area contributed by atoms with Gasteiger partial charge in [0, 0.05) is 19.2 Å². The molecule has 126 valence electrons. The number of ether oxygens (including phenoxy) is 1. The van der Waals surface area contributed by atoms with Gasteiger partial charge in [0.05, 0.1) is 17.2 Å². The number of benzene rings is 1. The van der Waals surface area contributed by atoms with Crippen LogP contribution < -0.4 is 10.1 Å². The van der Waals surface area contributed by atoms with Gasteiger partial charge in [-0.3, -0.25) is 4.68 Å². The van der Waals surface area contributed by atoms with Crippen molar-refractivity contribution in [3.63, 3.8) is 0 Å². The van der Waals surface area contributed by atoms with E-state index in [1.165, 1.54) is 0 Å². The smallest absolute Gasteiger partial charge is 0.163 e. The van der Waals surface area contributed by atoms with Crippen LogP contribution in [0.15, 0.2) is 30.6 Å². The first-order chi connectivity index (χ1) is 11.6. The highest BCUT2D eigenvalue weighted by Crippen LogP contribution is 2.25. The Labute approximate surface area is 141 Å². The summed E-state index contributed by atoms with van der Waals surface area (Å²) in [4.78, 5) is 8.70. The lowest BCUT2D eigenvalue weighted by Crippen LogP contribution is -2.12. The van der Waals surface area contributed by atoms with Crippen LogP contribution in [-0.2, 0) is 13.6 Å². The van der Waals surface area contributed by atoms with Crippen molar-refractivity contribution in [2.45, 2.75) is 39.8 Å². The fraction of sp³-hybridized carbons (Fsp3) is 0.389. The van der Waals surface area contributed by atoms with Crippen molar-refractivity contribution in [3.8, 4) is 5.75 Å². The number of anilines is 1. The Kier molecular flexibility index (Phi) is 4.64. The van der Waals surface area contributed by atoms with E-state index >= 15 is 0 Å². The predicted octanol–water partition coefficient (Wildman–Crippen LogP) is 3.46. The van der Waals surface area contributed by atoms with Crippen molar-refractivity contribution in [1.29, 1.82) is 0 Å². The van der Waals surface area contributed by atoms with Crippen LogP contribution in [0.4, 0.5) is 5.82 Å². The second kappa shape index (κ2) is 6.86. The lowest BCUT2D eigenvalue weighted by molar-refractivity contribution is 0.215. The minimum Gasteiger partial charge on any atom is -0.490 e. The lowest BCUT2D eigenvalue weighted by atomic mass is 10.2. The predicted molar refractivity (Wildman–Crippen MR) is 95.2 cm³/mol. The first-order valence-corrected chi connectivity index (χ1v) is 8.23. The Morgan fingerprint density at radius 1 is 1.25 bits per heavy atom. The summed E-state index contributed by atoms with van der Waals surface area (Å²) in [6.45, 7) is 6.80. The number of para-hydroxylation sites is 1. The zero-order valence-corrected chi connectivity index (χ0v) is 14.6. The van der Waals surface area contributed by atoms with E-state index in [2.05, 4.69) is 40.3 Å². The maximum Gasteiger partial charge on any atom is 0.163 e. The molecule has 0 saturated carbocycles. The average molecular weight is 325 g/mol. The Hall–Kier alpha value is -2.63.